The Hall–Kier alpha value is -0.690. The molecule has 4 nitrogen and oxygen atoms in total. The van der Waals surface area contributed by atoms with E-state index in [1.54, 1.807) is 13.1 Å². The summed E-state index contributed by atoms with van der Waals surface area (Å²) in [6, 6.07) is 4.43. The first kappa shape index (κ1) is 14.4. The summed E-state index contributed by atoms with van der Waals surface area (Å²) < 4.78 is 37.4. The first-order chi connectivity index (χ1) is 8.01. The Morgan fingerprint density at radius 1 is 1.41 bits per heavy atom. The van der Waals surface area contributed by atoms with Crippen molar-refractivity contribution in [2.24, 2.45) is 0 Å². The van der Waals surface area contributed by atoms with E-state index >= 15 is 0 Å². The summed E-state index contributed by atoms with van der Waals surface area (Å²) >= 11 is 5.94. The number of hydrogen-bond acceptors (Lipinski definition) is 3. The highest BCUT2D eigenvalue weighted by Crippen LogP contribution is 2.20. The lowest BCUT2D eigenvalue weighted by Gasteiger charge is -2.08. The van der Waals surface area contributed by atoms with Gasteiger partial charge in [-0.3, -0.25) is 0 Å². The highest BCUT2D eigenvalue weighted by atomic mass is 35.5. The molecular formula is C10H14ClFN2O2S. The molecule has 0 radical (unpaired) electrons. The Kier molecular flexibility index (Phi) is 5.32. The number of benzene rings is 1. The van der Waals surface area contributed by atoms with Crippen molar-refractivity contribution in [1.82, 2.24) is 10.0 Å². The number of sulfonamides is 1. The highest BCUT2D eigenvalue weighted by Gasteiger charge is 2.14. The fraction of sp³-hybridized carbons (Fsp3) is 0.400. The molecule has 0 bridgehead atoms. The molecule has 0 fully saturated rings. The Labute approximate surface area is 105 Å². The number of halogens is 2. The minimum atomic E-state index is -3.67. The lowest BCUT2D eigenvalue weighted by Crippen LogP contribution is -2.25. The number of rotatable bonds is 6. The summed E-state index contributed by atoms with van der Waals surface area (Å²) in [6.07, 6.45) is 0. The van der Waals surface area contributed by atoms with Gasteiger partial charge in [0.2, 0.25) is 10.0 Å². The normalized spacial score (nSPS) is 11.7. The lowest BCUT2D eigenvalue weighted by atomic mass is 10.2. The van der Waals surface area contributed by atoms with Crippen LogP contribution in [0.15, 0.2) is 23.1 Å². The van der Waals surface area contributed by atoms with Crippen molar-refractivity contribution < 1.29 is 12.8 Å². The monoisotopic (exact) mass is 280 g/mol. The molecule has 1 aromatic rings. The van der Waals surface area contributed by atoms with Crippen LogP contribution in [-0.2, 0) is 16.6 Å². The van der Waals surface area contributed by atoms with E-state index in [1.165, 1.54) is 12.1 Å². The predicted octanol–water partition coefficient (Wildman–Crippen LogP) is 1.31. The smallest absolute Gasteiger partial charge is 0.240 e. The average Bonchev–Trinajstić information content (AvgIpc) is 2.29. The van der Waals surface area contributed by atoms with E-state index in [9.17, 15) is 12.8 Å². The third kappa shape index (κ3) is 3.92. The molecule has 7 heteroatoms. The molecular weight excluding hydrogens is 267 g/mol. The van der Waals surface area contributed by atoms with E-state index in [4.69, 9.17) is 11.6 Å². The van der Waals surface area contributed by atoms with Crippen molar-refractivity contribution in [2.75, 3.05) is 20.3 Å². The van der Waals surface area contributed by atoms with Crippen LogP contribution < -0.4 is 10.0 Å². The summed E-state index contributed by atoms with van der Waals surface area (Å²) in [5.74, 6) is 0. The largest absolute Gasteiger partial charge is 0.316 e. The Morgan fingerprint density at radius 2 is 2.12 bits per heavy atom. The van der Waals surface area contributed by atoms with Crippen molar-refractivity contribution in [3.63, 3.8) is 0 Å². The Morgan fingerprint density at radius 3 is 2.65 bits per heavy atom. The molecule has 0 amide bonds. The van der Waals surface area contributed by atoms with Crippen molar-refractivity contribution in [3.05, 3.63) is 28.8 Å². The third-order valence-electron chi connectivity index (χ3n) is 2.09. The van der Waals surface area contributed by atoms with Crippen LogP contribution >= 0.6 is 11.6 Å². The minimum Gasteiger partial charge on any atom is -0.316 e. The van der Waals surface area contributed by atoms with Gasteiger partial charge in [0.25, 0.3) is 0 Å². The molecule has 1 rings (SSSR count). The second kappa shape index (κ2) is 6.30. The maximum Gasteiger partial charge on any atom is 0.240 e. The summed E-state index contributed by atoms with van der Waals surface area (Å²) in [5.41, 5.74) is 0.804. The summed E-state index contributed by atoms with van der Waals surface area (Å²) in [7, 11) is -1.90. The SMILES string of the molecule is CNCc1ccc(S(=O)(=O)NCCF)cc1Cl. The molecule has 0 aliphatic rings. The highest BCUT2D eigenvalue weighted by molar-refractivity contribution is 7.89. The molecule has 0 atom stereocenters. The Bertz CT molecular complexity index is 479. The Balaban J connectivity index is 2.96. The number of alkyl halides is 1. The van der Waals surface area contributed by atoms with Crippen molar-refractivity contribution >= 4 is 21.6 Å². The van der Waals surface area contributed by atoms with E-state index in [0.29, 0.717) is 11.6 Å². The van der Waals surface area contributed by atoms with Crippen LogP contribution in [0, 0.1) is 0 Å². The van der Waals surface area contributed by atoms with E-state index in [1.807, 2.05) is 0 Å². The molecule has 0 aliphatic carbocycles. The van der Waals surface area contributed by atoms with Gasteiger partial charge in [-0.2, -0.15) is 0 Å². The molecule has 0 aromatic heterocycles. The fourth-order valence-corrected chi connectivity index (χ4v) is 2.63. The molecule has 0 saturated heterocycles. The van der Waals surface area contributed by atoms with E-state index in [0.717, 1.165) is 5.56 Å². The number of nitrogens with one attached hydrogen (secondary N) is 2. The molecule has 2 N–H and O–H groups in total. The van der Waals surface area contributed by atoms with Crippen LogP contribution in [0.1, 0.15) is 5.56 Å². The molecule has 0 aliphatic heterocycles. The van der Waals surface area contributed by atoms with Crippen molar-refractivity contribution in [3.8, 4) is 0 Å². The zero-order valence-electron chi connectivity index (χ0n) is 9.33. The van der Waals surface area contributed by atoms with Gasteiger partial charge >= 0.3 is 0 Å². The molecule has 0 spiro atoms. The summed E-state index contributed by atoms with van der Waals surface area (Å²) in [4.78, 5) is 0.0378. The van der Waals surface area contributed by atoms with Gasteiger partial charge in [0.05, 0.1) is 4.90 Å². The maximum absolute atomic E-state index is 11.9. The van der Waals surface area contributed by atoms with Crippen LogP contribution in [0.5, 0.6) is 0 Å². The van der Waals surface area contributed by atoms with Gasteiger partial charge in [0, 0.05) is 18.1 Å². The molecule has 0 heterocycles. The summed E-state index contributed by atoms with van der Waals surface area (Å²) in [6.45, 7) is -0.430. The zero-order chi connectivity index (χ0) is 12.9. The van der Waals surface area contributed by atoms with Crippen LogP contribution in [0.2, 0.25) is 5.02 Å². The minimum absolute atomic E-state index is 0.0378. The molecule has 1 aromatic carbocycles. The van der Waals surface area contributed by atoms with Gasteiger partial charge in [-0.05, 0) is 24.7 Å². The maximum atomic E-state index is 11.9. The molecule has 96 valence electrons. The zero-order valence-corrected chi connectivity index (χ0v) is 10.9. The van der Waals surface area contributed by atoms with Crippen molar-refractivity contribution in [1.29, 1.82) is 0 Å². The predicted molar refractivity (Wildman–Crippen MR) is 65.4 cm³/mol. The third-order valence-corrected chi connectivity index (χ3v) is 3.90. The summed E-state index contributed by atoms with van der Waals surface area (Å²) in [5, 5.41) is 3.28. The van der Waals surface area contributed by atoms with E-state index < -0.39 is 16.7 Å². The van der Waals surface area contributed by atoms with E-state index in [-0.39, 0.29) is 11.4 Å². The van der Waals surface area contributed by atoms with E-state index in [2.05, 4.69) is 10.0 Å². The van der Waals surface area contributed by atoms with Crippen LogP contribution in [0.4, 0.5) is 4.39 Å². The molecule has 0 unspecified atom stereocenters. The van der Waals surface area contributed by atoms with Crippen LogP contribution in [0.3, 0.4) is 0 Å². The topological polar surface area (TPSA) is 58.2 Å². The standard InChI is InChI=1S/C10H14ClFN2O2S/c1-13-7-8-2-3-9(6-10(8)11)17(15,16)14-5-4-12/h2-3,6,13-14H,4-5,7H2,1H3. The number of hydrogen-bond donors (Lipinski definition) is 2. The van der Waals surface area contributed by atoms with Crippen LogP contribution in [0.25, 0.3) is 0 Å². The first-order valence-electron chi connectivity index (χ1n) is 5.00. The van der Waals surface area contributed by atoms with Gasteiger partial charge < -0.3 is 5.32 Å². The fourth-order valence-electron chi connectivity index (χ4n) is 1.29. The second-order valence-electron chi connectivity index (χ2n) is 3.37. The second-order valence-corrected chi connectivity index (χ2v) is 5.54. The van der Waals surface area contributed by atoms with Gasteiger partial charge in [0.1, 0.15) is 6.67 Å². The van der Waals surface area contributed by atoms with Gasteiger partial charge in [-0.1, -0.05) is 17.7 Å². The first-order valence-corrected chi connectivity index (χ1v) is 6.86. The van der Waals surface area contributed by atoms with Gasteiger partial charge in [-0.25, -0.2) is 17.5 Å². The molecule has 17 heavy (non-hydrogen) atoms. The van der Waals surface area contributed by atoms with Crippen molar-refractivity contribution in [2.45, 2.75) is 11.4 Å². The van der Waals surface area contributed by atoms with Crippen LogP contribution in [-0.4, -0.2) is 28.7 Å². The lowest BCUT2D eigenvalue weighted by molar-refractivity contribution is 0.486. The molecule has 0 saturated carbocycles. The van der Waals surface area contributed by atoms with Gasteiger partial charge in [0.15, 0.2) is 0 Å². The average molecular weight is 281 g/mol. The van der Waals surface area contributed by atoms with Gasteiger partial charge in [-0.15, -0.1) is 0 Å². The quantitative estimate of drug-likeness (QED) is 0.826.